The van der Waals surface area contributed by atoms with Gasteiger partial charge in [0.05, 0.1) is 17.8 Å². The second-order valence-electron chi connectivity index (χ2n) is 8.71. The Balaban J connectivity index is 1.54. The highest BCUT2D eigenvalue weighted by atomic mass is 19.3. The van der Waals surface area contributed by atoms with Gasteiger partial charge >= 0.3 is 0 Å². The molecule has 8 heteroatoms. The van der Waals surface area contributed by atoms with Gasteiger partial charge in [0.25, 0.3) is 5.92 Å². The third-order valence-electron chi connectivity index (χ3n) is 6.84. The molecule has 1 aliphatic carbocycles. The van der Waals surface area contributed by atoms with Crippen molar-refractivity contribution in [3.8, 4) is 11.3 Å². The average Bonchev–Trinajstić information content (AvgIpc) is 3.06. The minimum atomic E-state index is -2.96. The van der Waals surface area contributed by atoms with Crippen molar-refractivity contribution < 1.29 is 18.6 Å². The van der Waals surface area contributed by atoms with Crippen molar-refractivity contribution in [1.82, 2.24) is 9.97 Å². The molecule has 2 fully saturated rings. The number of hydrogen-bond acceptors (Lipinski definition) is 6. The van der Waals surface area contributed by atoms with E-state index in [4.69, 9.17) is 10.5 Å². The van der Waals surface area contributed by atoms with Gasteiger partial charge in [-0.25, -0.2) is 9.97 Å². The second kappa shape index (κ2) is 6.93. The van der Waals surface area contributed by atoms with Crippen molar-refractivity contribution in [2.45, 2.75) is 56.2 Å². The highest BCUT2D eigenvalue weighted by Crippen LogP contribution is 2.45. The van der Waals surface area contributed by atoms with Crippen LogP contribution in [-0.2, 0) is 22.6 Å². The van der Waals surface area contributed by atoms with Gasteiger partial charge in [0.15, 0.2) is 0 Å². The Labute approximate surface area is 174 Å². The molecule has 2 saturated heterocycles. The van der Waals surface area contributed by atoms with E-state index in [1.165, 1.54) is 0 Å². The van der Waals surface area contributed by atoms with Crippen LogP contribution in [0.2, 0.25) is 0 Å². The van der Waals surface area contributed by atoms with E-state index in [9.17, 15) is 13.9 Å². The zero-order valence-electron chi connectivity index (χ0n) is 16.9. The standard InChI is InChI=1S/C22H26F2N4O2/c1-13-17(29)12-28(13)20-26-18(16-6-7-22(23,24)19(16)27-20)14-2-4-15(5-3-14)21(25)8-10-30-11-9-21/h2-5,13,17,29H,6-12,25H2,1H3/t13-,17+/m0/s1. The molecule has 0 bridgehead atoms. The molecular weight excluding hydrogens is 390 g/mol. The predicted molar refractivity (Wildman–Crippen MR) is 108 cm³/mol. The Bertz CT molecular complexity index is 960. The zero-order chi connectivity index (χ0) is 21.1. The predicted octanol–water partition coefficient (Wildman–Crippen LogP) is 2.72. The van der Waals surface area contributed by atoms with E-state index in [1.807, 2.05) is 31.2 Å². The Kier molecular flexibility index (Phi) is 4.57. The van der Waals surface area contributed by atoms with E-state index in [-0.39, 0.29) is 30.5 Å². The smallest absolute Gasteiger partial charge is 0.290 e. The molecule has 3 heterocycles. The van der Waals surface area contributed by atoms with E-state index in [1.54, 1.807) is 4.90 Å². The lowest BCUT2D eigenvalue weighted by Gasteiger charge is -2.43. The van der Waals surface area contributed by atoms with Crippen LogP contribution < -0.4 is 10.6 Å². The third-order valence-corrected chi connectivity index (χ3v) is 6.84. The van der Waals surface area contributed by atoms with Crippen molar-refractivity contribution in [2.24, 2.45) is 5.73 Å². The summed E-state index contributed by atoms with van der Waals surface area (Å²) < 4.78 is 34.5. The largest absolute Gasteiger partial charge is 0.389 e. The minimum Gasteiger partial charge on any atom is -0.389 e. The molecule has 160 valence electrons. The maximum Gasteiger partial charge on any atom is 0.290 e. The van der Waals surface area contributed by atoms with Gasteiger partial charge < -0.3 is 20.5 Å². The highest BCUT2D eigenvalue weighted by molar-refractivity contribution is 5.67. The summed E-state index contributed by atoms with van der Waals surface area (Å²) in [6, 6.07) is 7.57. The fourth-order valence-corrected chi connectivity index (χ4v) is 4.62. The van der Waals surface area contributed by atoms with E-state index < -0.39 is 17.6 Å². The Morgan fingerprint density at radius 3 is 2.47 bits per heavy atom. The summed E-state index contributed by atoms with van der Waals surface area (Å²) >= 11 is 0. The summed E-state index contributed by atoms with van der Waals surface area (Å²) in [4.78, 5) is 10.7. The zero-order valence-corrected chi connectivity index (χ0v) is 16.9. The van der Waals surface area contributed by atoms with Crippen LogP contribution >= 0.6 is 0 Å². The van der Waals surface area contributed by atoms with Crippen LogP contribution in [0.25, 0.3) is 11.3 Å². The normalized spacial score (nSPS) is 26.9. The first-order chi connectivity index (χ1) is 14.3. The number of halogens is 2. The number of rotatable bonds is 3. The van der Waals surface area contributed by atoms with Crippen LogP contribution in [0.15, 0.2) is 24.3 Å². The van der Waals surface area contributed by atoms with Crippen molar-refractivity contribution in [3.63, 3.8) is 0 Å². The SMILES string of the molecule is C[C@H]1[C@H](O)CN1c1nc(-c2ccc(C3(N)CCOCC3)cc2)c2c(n1)C(F)(F)CC2. The molecule has 2 atom stereocenters. The summed E-state index contributed by atoms with van der Waals surface area (Å²) in [7, 11) is 0. The fourth-order valence-electron chi connectivity index (χ4n) is 4.62. The molecule has 0 amide bonds. The molecule has 6 nitrogen and oxygen atoms in total. The number of nitrogens with two attached hydrogens (primary N) is 1. The number of nitrogens with zero attached hydrogens (tertiary/aromatic N) is 3. The van der Waals surface area contributed by atoms with Crippen LogP contribution in [0.3, 0.4) is 0 Å². The van der Waals surface area contributed by atoms with Gasteiger partial charge in [-0.05, 0) is 31.7 Å². The number of alkyl halides is 2. The van der Waals surface area contributed by atoms with Crippen molar-refractivity contribution in [3.05, 3.63) is 41.1 Å². The van der Waals surface area contributed by atoms with Gasteiger partial charge in [-0.1, -0.05) is 24.3 Å². The summed E-state index contributed by atoms with van der Waals surface area (Å²) in [6.45, 7) is 3.46. The van der Waals surface area contributed by atoms with Crippen molar-refractivity contribution in [2.75, 3.05) is 24.7 Å². The number of benzene rings is 1. The number of ether oxygens (including phenoxy) is 1. The second-order valence-corrected chi connectivity index (χ2v) is 8.71. The summed E-state index contributed by atoms with van der Waals surface area (Å²) in [5.74, 6) is -2.70. The van der Waals surface area contributed by atoms with Crippen LogP contribution in [0.5, 0.6) is 0 Å². The average molecular weight is 416 g/mol. The molecule has 0 radical (unpaired) electrons. The molecule has 3 N–H and O–H groups in total. The summed E-state index contributed by atoms with van der Waals surface area (Å²) in [5.41, 5.74) is 8.83. The summed E-state index contributed by atoms with van der Waals surface area (Å²) in [5, 5.41) is 9.84. The van der Waals surface area contributed by atoms with Gasteiger partial charge in [-0.3, -0.25) is 0 Å². The molecule has 30 heavy (non-hydrogen) atoms. The topological polar surface area (TPSA) is 84.5 Å². The van der Waals surface area contributed by atoms with E-state index >= 15 is 0 Å². The lowest BCUT2D eigenvalue weighted by molar-refractivity contribution is -0.00603. The maximum atomic E-state index is 14.5. The Hall–Kier alpha value is -2.16. The number of β-amino-alcohol motifs (C(OH)–C–C–N with tert-alkyl or cyclic N) is 1. The van der Waals surface area contributed by atoms with Crippen LogP contribution in [-0.4, -0.2) is 47.0 Å². The van der Waals surface area contributed by atoms with Crippen molar-refractivity contribution in [1.29, 1.82) is 0 Å². The summed E-state index contributed by atoms with van der Waals surface area (Å²) in [6.07, 6.45) is 0.998. The van der Waals surface area contributed by atoms with Crippen LogP contribution in [0.1, 0.15) is 43.0 Å². The number of anilines is 1. The van der Waals surface area contributed by atoms with E-state index in [0.717, 1.165) is 24.0 Å². The highest BCUT2D eigenvalue weighted by Gasteiger charge is 2.45. The van der Waals surface area contributed by atoms with Gasteiger partial charge in [0.2, 0.25) is 5.95 Å². The molecular formula is C22H26F2N4O2. The number of aromatic nitrogens is 2. The van der Waals surface area contributed by atoms with Gasteiger partial charge in [-0.15, -0.1) is 0 Å². The van der Waals surface area contributed by atoms with Crippen molar-refractivity contribution >= 4 is 5.95 Å². The number of fused-ring (bicyclic) bond motifs is 1. The maximum absolute atomic E-state index is 14.5. The van der Waals surface area contributed by atoms with Crippen LogP contribution in [0, 0.1) is 0 Å². The molecule has 5 rings (SSSR count). The van der Waals surface area contributed by atoms with Crippen LogP contribution in [0.4, 0.5) is 14.7 Å². The molecule has 2 aliphatic heterocycles. The van der Waals surface area contributed by atoms with Gasteiger partial charge in [0, 0.05) is 42.8 Å². The van der Waals surface area contributed by atoms with E-state index in [2.05, 4.69) is 9.97 Å². The number of aliphatic hydroxyl groups is 1. The van der Waals surface area contributed by atoms with E-state index in [0.29, 0.717) is 31.0 Å². The Morgan fingerprint density at radius 1 is 1.13 bits per heavy atom. The molecule has 1 aromatic carbocycles. The third kappa shape index (κ3) is 3.09. The molecule has 3 aliphatic rings. The monoisotopic (exact) mass is 416 g/mol. The van der Waals surface area contributed by atoms with Gasteiger partial charge in [-0.2, -0.15) is 8.78 Å². The van der Waals surface area contributed by atoms with Gasteiger partial charge in [0.1, 0.15) is 5.69 Å². The number of aliphatic hydroxyl groups excluding tert-OH is 1. The Morgan fingerprint density at radius 2 is 1.83 bits per heavy atom. The minimum absolute atomic E-state index is 0.181. The lowest BCUT2D eigenvalue weighted by atomic mass is 9.83. The molecule has 0 unspecified atom stereocenters. The first-order valence-electron chi connectivity index (χ1n) is 10.5. The first-order valence-corrected chi connectivity index (χ1v) is 10.5. The molecule has 1 aromatic heterocycles. The fraction of sp³-hybridized carbons (Fsp3) is 0.545. The molecule has 0 spiro atoms. The lowest BCUT2D eigenvalue weighted by Crippen LogP contribution is -2.59. The first kappa shape index (κ1) is 19.8. The molecule has 2 aromatic rings. The molecule has 0 saturated carbocycles. The number of hydrogen-bond donors (Lipinski definition) is 2. The quantitative estimate of drug-likeness (QED) is 0.801.